The Labute approximate surface area is 143 Å². The zero-order chi connectivity index (χ0) is 17.2. The fourth-order valence-electron chi connectivity index (χ4n) is 3.29. The van der Waals surface area contributed by atoms with E-state index in [0.717, 1.165) is 23.4 Å². The Morgan fingerprint density at radius 3 is 2.21 bits per heavy atom. The normalized spacial score (nSPS) is 17.2. The predicted molar refractivity (Wildman–Crippen MR) is 95.6 cm³/mol. The first-order valence-electron chi connectivity index (χ1n) is 8.33. The highest BCUT2D eigenvalue weighted by molar-refractivity contribution is 5.90. The van der Waals surface area contributed by atoms with Crippen LogP contribution in [0.5, 0.6) is 0 Å². The van der Waals surface area contributed by atoms with Crippen LogP contribution in [-0.2, 0) is 17.9 Å². The number of rotatable bonds is 4. The van der Waals surface area contributed by atoms with Crippen LogP contribution in [0.15, 0.2) is 54.6 Å². The number of carbonyl (C=O) groups excluding carboxylic acids is 1. The van der Waals surface area contributed by atoms with Crippen LogP contribution in [0.1, 0.15) is 25.0 Å². The summed E-state index contributed by atoms with van der Waals surface area (Å²) in [7, 11) is 0. The number of carbonyl (C=O) groups is 1. The zero-order valence-corrected chi connectivity index (χ0v) is 14.3. The number of nitrogens with zero attached hydrogens (tertiary/aromatic N) is 2. The minimum Gasteiger partial charge on any atom is -0.392 e. The summed E-state index contributed by atoms with van der Waals surface area (Å²) in [5.41, 5.74) is 2.50. The van der Waals surface area contributed by atoms with E-state index in [1.165, 1.54) is 0 Å². The SMILES string of the molecule is CC1(C)C(=O)N(Cc2ccc(CO)cc2)CCN1c1ccccc1. The van der Waals surface area contributed by atoms with E-state index in [1.54, 1.807) is 0 Å². The maximum absolute atomic E-state index is 13.0. The number of para-hydroxylation sites is 1. The van der Waals surface area contributed by atoms with Crippen molar-refractivity contribution in [1.29, 1.82) is 0 Å². The molecule has 1 aliphatic rings. The highest BCUT2D eigenvalue weighted by atomic mass is 16.3. The zero-order valence-electron chi connectivity index (χ0n) is 14.3. The lowest BCUT2D eigenvalue weighted by Gasteiger charge is -2.47. The van der Waals surface area contributed by atoms with E-state index < -0.39 is 5.54 Å². The van der Waals surface area contributed by atoms with Crippen molar-refractivity contribution in [2.75, 3.05) is 18.0 Å². The second kappa shape index (κ2) is 6.65. The van der Waals surface area contributed by atoms with Crippen molar-refractivity contribution >= 4 is 11.6 Å². The molecule has 1 fully saturated rings. The van der Waals surface area contributed by atoms with Gasteiger partial charge in [-0.05, 0) is 37.1 Å². The predicted octanol–water partition coefficient (Wildman–Crippen LogP) is 2.81. The molecule has 3 rings (SSSR count). The Hall–Kier alpha value is -2.33. The molecule has 0 aliphatic carbocycles. The van der Waals surface area contributed by atoms with E-state index in [-0.39, 0.29) is 12.5 Å². The van der Waals surface area contributed by atoms with E-state index in [9.17, 15) is 4.79 Å². The van der Waals surface area contributed by atoms with E-state index in [1.807, 2.05) is 61.2 Å². The minimum atomic E-state index is -0.565. The first-order valence-corrected chi connectivity index (χ1v) is 8.33. The number of anilines is 1. The van der Waals surface area contributed by atoms with Gasteiger partial charge >= 0.3 is 0 Å². The van der Waals surface area contributed by atoms with Crippen LogP contribution in [0, 0.1) is 0 Å². The van der Waals surface area contributed by atoms with Crippen LogP contribution in [0.25, 0.3) is 0 Å². The molecule has 0 aromatic heterocycles. The topological polar surface area (TPSA) is 43.8 Å². The van der Waals surface area contributed by atoms with Crippen molar-refractivity contribution in [1.82, 2.24) is 4.90 Å². The van der Waals surface area contributed by atoms with E-state index in [4.69, 9.17) is 5.11 Å². The highest BCUT2D eigenvalue weighted by Crippen LogP contribution is 2.29. The number of aliphatic hydroxyl groups excluding tert-OH is 1. The third-order valence-electron chi connectivity index (χ3n) is 4.73. The molecule has 0 unspecified atom stereocenters. The van der Waals surface area contributed by atoms with Gasteiger partial charge in [0.15, 0.2) is 0 Å². The molecule has 2 aromatic carbocycles. The van der Waals surface area contributed by atoms with Gasteiger partial charge in [-0.3, -0.25) is 4.79 Å². The molecular weight excluding hydrogens is 300 g/mol. The van der Waals surface area contributed by atoms with Crippen LogP contribution < -0.4 is 4.90 Å². The molecule has 1 aliphatic heterocycles. The molecule has 4 heteroatoms. The number of amides is 1. The van der Waals surface area contributed by atoms with Crippen molar-refractivity contribution in [2.45, 2.75) is 32.5 Å². The van der Waals surface area contributed by atoms with Crippen LogP contribution in [0.2, 0.25) is 0 Å². The van der Waals surface area contributed by atoms with E-state index in [0.29, 0.717) is 13.1 Å². The van der Waals surface area contributed by atoms with Crippen LogP contribution in [-0.4, -0.2) is 34.5 Å². The quantitative estimate of drug-likeness (QED) is 0.940. The standard InChI is InChI=1S/C20H24N2O2/c1-20(2)19(24)21(14-16-8-10-17(15-23)11-9-16)12-13-22(20)18-6-4-3-5-7-18/h3-11,23H,12-15H2,1-2H3. The summed E-state index contributed by atoms with van der Waals surface area (Å²) in [6, 6.07) is 17.9. The molecule has 0 bridgehead atoms. The fraction of sp³-hybridized carbons (Fsp3) is 0.350. The summed E-state index contributed by atoms with van der Waals surface area (Å²) in [5.74, 6) is 0.142. The molecule has 0 saturated carbocycles. The van der Waals surface area contributed by atoms with Gasteiger partial charge in [0.2, 0.25) is 5.91 Å². The van der Waals surface area contributed by atoms with Crippen molar-refractivity contribution in [3.05, 3.63) is 65.7 Å². The third-order valence-corrected chi connectivity index (χ3v) is 4.73. The number of benzene rings is 2. The molecule has 1 N–H and O–H groups in total. The van der Waals surface area contributed by atoms with Crippen molar-refractivity contribution < 1.29 is 9.90 Å². The summed E-state index contributed by atoms with van der Waals surface area (Å²) in [6.45, 7) is 6.15. The first-order chi connectivity index (χ1) is 11.5. The van der Waals surface area contributed by atoms with Crippen molar-refractivity contribution in [3.8, 4) is 0 Å². The first kappa shape index (κ1) is 16.5. The third kappa shape index (κ3) is 3.15. The smallest absolute Gasteiger partial charge is 0.248 e. The average molecular weight is 324 g/mol. The van der Waals surface area contributed by atoms with Gasteiger partial charge in [0.05, 0.1) is 6.61 Å². The Balaban J connectivity index is 1.75. The molecule has 0 spiro atoms. The van der Waals surface area contributed by atoms with E-state index in [2.05, 4.69) is 17.0 Å². The highest BCUT2D eigenvalue weighted by Gasteiger charge is 2.41. The van der Waals surface area contributed by atoms with Gasteiger partial charge in [0, 0.05) is 25.3 Å². The van der Waals surface area contributed by atoms with Crippen molar-refractivity contribution in [3.63, 3.8) is 0 Å². The monoisotopic (exact) mass is 324 g/mol. The molecule has 1 amide bonds. The molecule has 1 heterocycles. The van der Waals surface area contributed by atoms with Gasteiger partial charge < -0.3 is 14.9 Å². The molecule has 2 aromatic rings. The molecule has 1 saturated heterocycles. The van der Waals surface area contributed by atoms with Gasteiger partial charge in [0.1, 0.15) is 5.54 Å². The fourth-order valence-corrected chi connectivity index (χ4v) is 3.29. The lowest BCUT2D eigenvalue weighted by molar-refractivity contribution is -0.138. The summed E-state index contributed by atoms with van der Waals surface area (Å²) in [5, 5.41) is 9.13. The maximum atomic E-state index is 13.0. The van der Waals surface area contributed by atoms with Crippen molar-refractivity contribution in [2.24, 2.45) is 0 Å². The molecular formula is C20H24N2O2. The molecule has 4 nitrogen and oxygen atoms in total. The number of hydrogen-bond acceptors (Lipinski definition) is 3. The second-order valence-corrected chi connectivity index (χ2v) is 6.75. The van der Waals surface area contributed by atoms with Gasteiger partial charge in [0.25, 0.3) is 0 Å². The summed E-state index contributed by atoms with van der Waals surface area (Å²) < 4.78 is 0. The molecule has 0 radical (unpaired) electrons. The lowest BCUT2D eigenvalue weighted by Crippen LogP contribution is -2.63. The summed E-state index contributed by atoms with van der Waals surface area (Å²) in [4.78, 5) is 17.1. The number of piperazine rings is 1. The van der Waals surface area contributed by atoms with Gasteiger partial charge in [-0.25, -0.2) is 0 Å². The van der Waals surface area contributed by atoms with Crippen LogP contribution >= 0.6 is 0 Å². The Morgan fingerprint density at radius 2 is 1.58 bits per heavy atom. The van der Waals surface area contributed by atoms with Crippen LogP contribution in [0.4, 0.5) is 5.69 Å². The summed E-state index contributed by atoms with van der Waals surface area (Å²) >= 11 is 0. The van der Waals surface area contributed by atoms with Crippen LogP contribution in [0.3, 0.4) is 0 Å². The number of aliphatic hydroxyl groups is 1. The summed E-state index contributed by atoms with van der Waals surface area (Å²) in [6.07, 6.45) is 0. The molecule has 126 valence electrons. The maximum Gasteiger partial charge on any atom is 0.248 e. The minimum absolute atomic E-state index is 0.0436. The largest absolute Gasteiger partial charge is 0.392 e. The Morgan fingerprint density at radius 1 is 0.958 bits per heavy atom. The number of hydrogen-bond donors (Lipinski definition) is 1. The Bertz CT molecular complexity index is 695. The van der Waals surface area contributed by atoms with Gasteiger partial charge in [-0.2, -0.15) is 0 Å². The van der Waals surface area contributed by atoms with Gasteiger partial charge in [-0.15, -0.1) is 0 Å². The molecule has 24 heavy (non-hydrogen) atoms. The lowest BCUT2D eigenvalue weighted by atomic mass is 9.96. The van der Waals surface area contributed by atoms with Gasteiger partial charge in [-0.1, -0.05) is 42.5 Å². The molecule has 0 atom stereocenters. The average Bonchev–Trinajstić information content (AvgIpc) is 2.60. The van der Waals surface area contributed by atoms with E-state index >= 15 is 0 Å². The second-order valence-electron chi connectivity index (χ2n) is 6.75. The Kier molecular flexibility index (Phi) is 4.58.